The van der Waals surface area contributed by atoms with Crippen LogP contribution in [0.5, 0.6) is 0 Å². The summed E-state index contributed by atoms with van der Waals surface area (Å²) in [7, 11) is 0. The molecular weight excluding hydrogens is 227 g/mol. The van der Waals surface area contributed by atoms with Crippen molar-refractivity contribution >= 4 is 17.7 Å². The lowest BCUT2D eigenvalue weighted by atomic mass is 10.1. The first-order chi connectivity index (χ1) is 8.11. The third kappa shape index (κ3) is 2.06. The summed E-state index contributed by atoms with van der Waals surface area (Å²) in [5.41, 5.74) is -0.376. The van der Waals surface area contributed by atoms with Crippen LogP contribution in [0.1, 0.15) is 16.8 Å². The minimum absolute atomic E-state index is 0.0923. The summed E-state index contributed by atoms with van der Waals surface area (Å²) in [5.74, 6) is -2.22. The zero-order valence-corrected chi connectivity index (χ0v) is 8.94. The van der Waals surface area contributed by atoms with Crippen LogP contribution in [0.15, 0.2) is 18.2 Å². The van der Waals surface area contributed by atoms with E-state index < -0.39 is 23.4 Å². The third-order valence-corrected chi connectivity index (χ3v) is 2.58. The van der Waals surface area contributed by atoms with Gasteiger partial charge < -0.3 is 10.4 Å². The minimum atomic E-state index is -1.38. The number of rotatable bonds is 2. The van der Waals surface area contributed by atoms with Crippen LogP contribution < -0.4 is 10.2 Å². The lowest BCUT2D eigenvalue weighted by Gasteiger charge is -2.28. The number of anilines is 1. The Kier molecular flexibility index (Phi) is 2.95. The largest absolute Gasteiger partial charge is 0.478 e. The van der Waals surface area contributed by atoms with Crippen molar-refractivity contribution < 1.29 is 19.1 Å². The molecule has 1 saturated heterocycles. The number of carboxylic acid groups (broad SMARTS) is 1. The molecule has 0 unspecified atom stereocenters. The van der Waals surface area contributed by atoms with Gasteiger partial charge in [0.15, 0.2) is 0 Å². The van der Waals surface area contributed by atoms with E-state index in [1.54, 1.807) is 0 Å². The number of amides is 2. The van der Waals surface area contributed by atoms with E-state index in [4.69, 9.17) is 5.11 Å². The molecule has 1 aromatic rings. The first kappa shape index (κ1) is 11.4. The Labute approximate surface area is 96.8 Å². The molecule has 0 saturated carbocycles. The monoisotopic (exact) mass is 238 g/mol. The van der Waals surface area contributed by atoms with Gasteiger partial charge in [-0.15, -0.1) is 0 Å². The molecule has 0 radical (unpaired) electrons. The second-order valence-corrected chi connectivity index (χ2v) is 3.68. The van der Waals surface area contributed by atoms with Crippen molar-refractivity contribution in [3.63, 3.8) is 0 Å². The summed E-state index contributed by atoms with van der Waals surface area (Å²) in [5, 5.41) is 11.6. The molecular formula is C11H11FN2O3. The number of halogens is 1. The summed E-state index contributed by atoms with van der Waals surface area (Å²) in [6, 6.07) is 3.48. The maximum absolute atomic E-state index is 13.4. The van der Waals surface area contributed by atoms with Gasteiger partial charge >= 0.3 is 12.0 Å². The van der Waals surface area contributed by atoms with Crippen LogP contribution in [-0.2, 0) is 0 Å². The number of nitrogens with one attached hydrogen (secondary N) is 1. The molecule has 5 nitrogen and oxygen atoms in total. The number of urea groups is 1. The fourth-order valence-corrected chi connectivity index (χ4v) is 1.81. The number of carboxylic acids is 1. The molecule has 90 valence electrons. The van der Waals surface area contributed by atoms with Gasteiger partial charge in [-0.3, -0.25) is 4.90 Å². The Hall–Kier alpha value is -2.11. The van der Waals surface area contributed by atoms with Crippen LogP contribution >= 0.6 is 0 Å². The fourth-order valence-electron chi connectivity index (χ4n) is 1.81. The number of aromatic carboxylic acids is 1. The van der Waals surface area contributed by atoms with Gasteiger partial charge in [-0.2, -0.15) is 0 Å². The zero-order chi connectivity index (χ0) is 12.4. The van der Waals surface area contributed by atoms with Crippen molar-refractivity contribution in [1.29, 1.82) is 0 Å². The smallest absolute Gasteiger partial charge is 0.340 e. The number of hydrogen-bond acceptors (Lipinski definition) is 2. The third-order valence-electron chi connectivity index (χ3n) is 2.58. The van der Waals surface area contributed by atoms with Crippen LogP contribution in [0, 0.1) is 5.82 Å². The molecule has 0 aliphatic carbocycles. The van der Waals surface area contributed by atoms with Crippen molar-refractivity contribution in [3.05, 3.63) is 29.6 Å². The molecule has 1 aliphatic rings. The quantitative estimate of drug-likeness (QED) is 0.819. The lowest BCUT2D eigenvalue weighted by Crippen LogP contribution is -2.47. The maximum atomic E-state index is 13.4. The van der Waals surface area contributed by atoms with E-state index in [-0.39, 0.29) is 5.69 Å². The molecule has 2 rings (SSSR count). The molecule has 1 heterocycles. The summed E-state index contributed by atoms with van der Waals surface area (Å²) in [6.45, 7) is 0.933. The average Bonchev–Trinajstić information content (AvgIpc) is 2.28. The highest BCUT2D eigenvalue weighted by molar-refractivity contribution is 6.01. The van der Waals surface area contributed by atoms with Gasteiger partial charge in [-0.25, -0.2) is 14.0 Å². The first-order valence-corrected chi connectivity index (χ1v) is 5.18. The molecule has 1 aromatic carbocycles. The van der Waals surface area contributed by atoms with Crippen LogP contribution in [-0.4, -0.2) is 30.2 Å². The molecule has 2 N–H and O–H groups in total. The molecule has 0 spiro atoms. The van der Waals surface area contributed by atoms with Gasteiger partial charge in [0.05, 0.1) is 5.69 Å². The van der Waals surface area contributed by atoms with E-state index >= 15 is 0 Å². The van der Waals surface area contributed by atoms with Gasteiger partial charge in [0.25, 0.3) is 0 Å². The van der Waals surface area contributed by atoms with E-state index in [0.29, 0.717) is 19.5 Å². The second-order valence-electron chi connectivity index (χ2n) is 3.68. The number of nitrogens with zero attached hydrogens (tertiary/aromatic N) is 1. The second kappa shape index (κ2) is 4.40. The Morgan fingerprint density at radius 3 is 2.88 bits per heavy atom. The number of hydrogen-bond donors (Lipinski definition) is 2. The Morgan fingerprint density at radius 1 is 1.47 bits per heavy atom. The van der Waals surface area contributed by atoms with Crippen molar-refractivity contribution in [2.75, 3.05) is 18.0 Å². The van der Waals surface area contributed by atoms with Crippen LogP contribution in [0.25, 0.3) is 0 Å². The molecule has 1 aliphatic heterocycles. The van der Waals surface area contributed by atoms with Crippen LogP contribution in [0.2, 0.25) is 0 Å². The molecule has 1 fully saturated rings. The highest BCUT2D eigenvalue weighted by Crippen LogP contribution is 2.24. The summed E-state index contributed by atoms with van der Waals surface area (Å²) in [6.07, 6.45) is 0.696. The van der Waals surface area contributed by atoms with Crippen LogP contribution in [0.4, 0.5) is 14.9 Å². The Morgan fingerprint density at radius 2 is 2.24 bits per heavy atom. The predicted octanol–water partition coefficient (Wildman–Crippen LogP) is 1.44. The predicted molar refractivity (Wildman–Crippen MR) is 58.7 cm³/mol. The number of benzene rings is 1. The summed E-state index contributed by atoms with van der Waals surface area (Å²) in [4.78, 5) is 23.8. The Balaban J connectivity index is 2.47. The highest BCUT2D eigenvalue weighted by atomic mass is 19.1. The number of carbonyl (C=O) groups is 2. The van der Waals surface area contributed by atoms with E-state index in [2.05, 4.69) is 5.32 Å². The van der Waals surface area contributed by atoms with Gasteiger partial charge in [0.2, 0.25) is 0 Å². The van der Waals surface area contributed by atoms with Crippen molar-refractivity contribution in [1.82, 2.24) is 5.32 Å². The summed E-state index contributed by atoms with van der Waals surface area (Å²) < 4.78 is 13.4. The molecule has 6 heteroatoms. The SMILES string of the molecule is O=C(O)c1c(F)cccc1N1CCCNC1=O. The van der Waals surface area contributed by atoms with E-state index in [1.165, 1.54) is 17.0 Å². The van der Waals surface area contributed by atoms with Gasteiger partial charge in [0.1, 0.15) is 11.4 Å². The van der Waals surface area contributed by atoms with Crippen molar-refractivity contribution in [3.8, 4) is 0 Å². The molecule has 2 amide bonds. The van der Waals surface area contributed by atoms with Gasteiger partial charge in [0, 0.05) is 13.1 Å². The molecule has 0 atom stereocenters. The fraction of sp³-hybridized carbons (Fsp3) is 0.273. The zero-order valence-electron chi connectivity index (χ0n) is 8.94. The molecule has 0 aromatic heterocycles. The molecule has 0 bridgehead atoms. The van der Waals surface area contributed by atoms with Gasteiger partial charge in [-0.1, -0.05) is 6.07 Å². The van der Waals surface area contributed by atoms with E-state index in [0.717, 1.165) is 6.07 Å². The first-order valence-electron chi connectivity index (χ1n) is 5.18. The topological polar surface area (TPSA) is 69.6 Å². The van der Waals surface area contributed by atoms with Crippen molar-refractivity contribution in [2.45, 2.75) is 6.42 Å². The van der Waals surface area contributed by atoms with Crippen molar-refractivity contribution in [2.24, 2.45) is 0 Å². The normalized spacial score (nSPS) is 15.6. The highest BCUT2D eigenvalue weighted by Gasteiger charge is 2.25. The van der Waals surface area contributed by atoms with Crippen LogP contribution in [0.3, 0.4) is 0 Å². The standard InChI is InChI=1S/C11H11FN2O3/c12-7-3-1-4-8(9(7)10(15)16)14-6-2-5-13-11(14)17/h1,3-4H,2,5-6H2,(H,13,17)(H,15,16). The maximum Gasteiger partial charge on any atom is 0.340 e. The minimum Gasteiger partial charge on any atom is -0.478 e. The Bertz CT molecular complexity index is 476. The average molecular weight is 238 g/mol. The molecule has 17 heavy (non-hydrogen) atoms. The summed E-state index contributed by atoms with van der Waals surface area (Å²) >= 11 is 0. The van der Waals surface area contributed by atoms with Gasteiger partial charge in [-0.05, 0) is 18.6 Å². The van der Waals surface area contributed by atoms with E-state index in [1.807, 2.05) is 0 Å². The number of carbonyl (C=O) groups excluding carboxylic acids is 1. The van der Waals surface area contributed by atoms with E-state index in [9.17, 15) is 14.0 Å². The lowest BCUT2D eigenvalue weighted by molar-refractivity contribution is 0.0693.